The van der Waals surface area contributed by atoms with Crippen LogP contribution in [0, 0.1) is 5.82 Å². The van der Waals surface area contributed by atoms with Gasteiger partial charge in [-0.3, -0.25) is 4.79 Å². The minimum absolute atomic E-state index is 0.00271. The summed E-state index contributed by atoms with van der Waals surface area (Å²) in [7, 11) is 3.88. The summed E-state index contributed by atoms with van der Waals surface area (Å²) in [6.07, 6.45) is 4.82. The number of rotatable bonds is 5. The molecule has 0 radical (unpaired) electrons. The molecular formula is C22H21ClFN5O2. The lowest BCUT2D eigenvalue weighted by molar-refractivity contribution is -0.114. The number of nitrogens with one attached hydrogen (secondary N) is 1. The molecule has 0 aliphatic carbocycles. The van der Waals surface area contributed by atoms with E-state index in [1.165, 1.54) is 18.5 Å². The predicted octanol–water partition coefficient (Wildman–Crippen LogP) is 4.01. The van der Waals surface area contributed by atoms with Gasteiger partial charge in [0.05, 0.1) is 28.2 Å². The number of likely N-dealkylation sites (N-methyl/N-ethyl adjacent to an activating group) is 1. The Hall–Kier alpha value is -3.23. The van der Waals surface area contributed by atoms with Gasteiger partial charge in [-0.25, -0.2) is 14.4 Å². The van der Waals surface area contributed by atoms with Crippen LogP contribution in [-0.4, -0.2) is 54.6 Å². The van der Waals surface area contributed by atoms with E-state index in [-0.39, 0.29) is 10.9 Å². The van der Waals surface area contributed by atoms with E-state index < -0.39 is 5.82 Å². The van der Waals surface area contributed by atoms with E-state index in [2.05, 4.69) is 15.3 Å². The number of carbonyl (C=O) groups excluding carboxylic acids is 1. The van der Waals surface area contributed by atoms with Crippen molar-refractivity contribution in [3.63, 3.8) is 0 Å². The van der Waals surface area contributed by atoms with E-state index in [1.54, 1.807) is 17.0 Å². The van der Waals surface area contributed by atoms with Crippen LogP contribution in [0.4, 0.5) is 21.6 Å². The Kier molecular flexibility index (Phi) is 6.01. The Balaban J connectivity index is 1.73. The standard InChI is InChI=1S/C22H21ClFN5O2/c1-28(2)9-3-4-19(30)29-10-11-31-21-18(29)8-7-17-20(21)22(26-13-25-17)27-14-5-6-16(24)15(23)12-14/h3-8,12-13H,9-11H2,1-2H3,(H,25,26,27)/b4-3+. The molecule has 1 amide bonds. The molecule has 2 heterocycles. The molecular weight excluding hydrogens is 421 g/mol. The number of hydrogen-bond donors (Lipinski definition) is 1. The van der Waals surface area contributed by atoms with Crippen LogP contribution in [-0.2, 0) is 4.79 Å². The normalized spacial score (nSPS) is 13.5. The van der Waals surface area contributed by atoms with Crippen molar-refractivity contribution in [2.24, 2.45) is 0 Å². The van der Waals surface area contributed by atoms with Gasteiger partial charge in [0.1, 0.15) is 24.6 Å². The second kappa shape index (κ2) is 8.87. The van der Waals surface area contributed by atoms with Crippen LogP contribution in [0.5, 0.6) is 5.75 Å². The lowest BCUT2D eigenvalue weighted by Crippen LogP contribution is -2.37. The molecule has 0 unspecified atom stereocenters. The number of halogens is 2. The van der Waals surface area contributed by atoms with E-state index in [1.807, 2.05) is 37.2 Å². The quantitative estimate of drug-likeness (QED) is 0.603. The molecule has 0 spiro atoms. The minimum Gasteiger partial charge on any atom is -0.489 e. The molecule has 0 fully saturated rings. The summed E-state index contributed by atoms with van der Waals surface area (Å²) < 4.78 is 19.5. The Bertz CT molecular complexity index is 1170. The van der Waals surface area contributed by atoms with Crippen LogP contribution in [0.15, 0.2) is 48.8 Å². The highest BCUT2D eigenvalue weighted by molar-refractivity contribution is 6.31. The van der Waals surface area contributed by atoms with Crippen LogP contribution in [0.25, 0.3) is 10.9 Å². The van der Waals surface area contributed by atoms with Crippen molar-refractivity contribution in [2.45, 2.75) is 0 Å². The van der Waals surface area contributed by atoms with Crippen molar-refractivity contribution >= 4 is 45.6 Å². The molecule has 160 valence electrons. The summed E-state index contributed by atoms with van der Waals surface area (Å²) in [5.74, 6) is 0.371. The maximum atomic E-state index is 13.5. The third kappa shape index (κ3) is 4.45. The van der Waals surface area contributed by atoms with Gasteiger partial charge in [-0.05, 0) is 44.4 Å². The lowest BCUT2D eigenvalue weighted by Gasteiger charge is -2.30. The molecule has 1 aromatic heterocycles. The zero-order valence-electron chi connectivity index (χ0n) is 17.1. The second-order valence-electron chi connectivity index (χ2n) is 7.29. The number of hydrogen-bond acceptors (Lipinski definition) is 6. The summed E-state index contributed by atoms with van der Waals surface area (Å²) in [5, 5.41) is 3.79. The summed E-state index contributed by atoms with van der Waals surface area (Å²) in [5.41, 5.74) is 1.87. The van der Waals surface area contributed by atoms with Gasteiger partial charge >= 0.3 is 0 Å². The maximum absolute atomic E-state index is 13.5. The molecule has 9 heteroatoms. The maximum Gasteiger partial charge on any atom is 0.250 e. The molecule has 0 bridgehead atoms. The summed E-state index contributed by atoms with van der Waals surface area (Å²) in [6, 6.07) is 7.96. The van der Waals surface area contributed by atoms with E-state index >= 15 is 0 Å². The average molecular weight is 442 g/mol. The van der Waals surface area contributed by atoms with Crippen LogP contribution >= 0.6 is 11.6 Å². The Morgan fingerprint density at radius 2 is 2.16 bits per heavy atom. The third-order valence-electron chi connectivity index (χ3n) is 4.77. The van der Waals surface area contributed by atoms with Crippen LogP contribution in [0.1, 0.15) is 0 Å². The monoisotopic (exact) mass is 441 g/mol. The zero-order valence-corrected chi connectivity index (χ0v) is 17.9. The van der Waals surface area contributed by atoms with E-state index in [9.17, 15) is 9.18 Å². The molecule has 0 saturated carbocycles. The predicted molar refractivity (Wildman–Crippen MR) is 120 cm³/mol. The highest BCUT2D eigenvalue weighted by atomic mass is 35.5. The Morgan fingerprint density at radius 3 is 2.94 bits per heavy atom. The van der Waals surface area contributed by atoms with Crippen molar-refractivity contribution in [1.29, 1.82) is 0 Å². The van der Waals surface area contributed by atoms with E-state index in [0.717, 1.165) is 0 Å². The van der Waals surface area contributed by atoms with Gasteiger partial charge in [0.25, 0.3) is 5.91 Å². The van der Waals surface area contributed by atoms with Gasteiger partial charge in [-0.15, -0.1) is 0 Å². The van der Waals surface area contributed by atoms with Crippen LogP contribution in [0.3, 0.4) is 0 Å². The Morgan fingerprint density at radius 1 is 1.32 bits per heavy atom. The molecule has 2 aromatic carbocycles. The first-order valence-electron chi connectivity index (χ1n) is 9.69. The van der Waals surface area contributed by atoms with Gasteiger partial charge in [0, 0.05) is 18.3 Å². The van der Waals surface area contributed by atoms with Crippen molar-refractivity contribution in [3.8, 4) is 5.75 Å². The smallest absolute Gasteiger partial charge is 0.250 e. The summed E-state index contributed by atoms with van der Waals surface area (Å²) in [4.78, 5) is 25.1. The molecule has 1 aliphatic heterocycles. The first kappa shape index (κ1) is 21.0. The highest BCUT2D eigenvalue weighted by Gasteiger charge is 2.26. The van der Waals surface area contributed by atoms with Crippen molar-refractivity contribution in [1.82, 2.24) is 14.9 Å². The Labute approximate surface area is 184 Å². The molecule has 0 saturated heterocycles. The SMILES string of the molecule is CN(C)C/C=C/C(=O)N1CCOc2c1ccc1ncnc(Nc3ccc(F)c(Cl)c3)c21. The van der Waals surface area contributed by atoms with Gasteiger partial charge in [0.2, 0.25) is 0 Å². The fourth-order valence-corrected chi connectivity index (χ4v) is 3.50. The van der Waals surface area contributed by atoms with Crippen molar-refractivity contribution in [3.05, 3.63) is 59.7 Å². The van der Waals surface area contributed by atoms with Crippen molar-refractivity contribution in [2.75, 3.05) is 44.0 Å². The van der Waals surface area contributed by atoms with Crippen LogP contribution in [0.2, 0.25) is 5.02 Å². The number of carbonyl (C=O) groups is 1. The fourth-order valence-electron chi connectivity index (χ4n) is 3.32. The molecule has 31 heavy (non-hydrogen) atoms. The average Bonchev–Trinajstić information content (AvgIpc) is 2.75. The number of fused-ring (bicyclic) bond motifs is 3. The van der Waals surface area contributed by atoms with E-state index in [0.29, 0.717) is 53.5 Å². The van der Waals surface area contributed by atoms with Gasteiger partial charge in [0.15, 0.2) is 5.75 Å². The molecule has 3 aromatic rings. The lowest BCUT2D eigenvalue weighted by atomic mass is 10.1. The van der Waals surface area contributed by atoms with E-state index in [4.69, 9.17) is 16.3 Å². The number of amides is 1. The number of ether oxygens (including phenoxy) is 1. The first-order valence-corrected chi connectivity index (χ1v) is 10.1. The fraction of sp³-hybridized carbons (Fsp3) is 0.227. The number of aromatic nitrogens is 2. The number of benzene rings is 2. The summed E-state index contributed by atoms with van der Waals surface area (Å²) in [6.45, 7) is 1.45. The first-order chi connectivity index (χ1) is 14.9. The van der Waals surface area contributed by atoms with Gasteiger partial charge in [-0.2, -0.15) is 0 Å². The second-order valence-corrected chi connectivity index (χ2v) is 7.69. The molecule has 1 N–H and O–H groups in total. The topological polar surface area (TPSA) is 70.6 Å². The van der Waals surface area contributed by atoms with Crippen molar-refractivity contribution < 1.29 is 13.9 Å². The highest BCUT2D eigenvalue weighted by Crippen LogP contribution is 2.41. The van der Waals surface area contributed by atoms with Crippen LogP contribution < -0.4 is 15.0 Å². The number of anilines is 3. The molecule has 4 rings (SSSR count). The van der Waals surface area contributed by atoms with Gasteiger partial charge in [-0.1, -0.05) is 17.7 Å². The summed E-state index contributed by atoms with van der Waals surface area (Å²) >= 11 is 5.90. The van der Waals surface area contributed by atoms with Gasteiger partial charge < -0.3 is 19.9 Å². The minimum atomic E-state index is -0.503. The molecule has 1 aliphatic rings. The number of nitrogens with zero attached hydrogens (tertiary/aromatic N) is 4. The molecule has 0 atom stereocenters. The zero-order chi connectivity index (χ0) is 22.0. The molecule has 7 nitrogen and oxygen atoms in total. The third-order valence-corrected chi connectivity index (χ3v) is 5.06. The largest absolute Gasteiger partial charge is 0.489 e.